The van der Waals surface area contributed by atoms with E-state index in [1.54, 1.807) is 6.92 Å². The van der Waals surface area contributed by atoms with Crippen molar-refractivity contribution < 1.29 is 13.6 Å². The number of amides is 1. The molecule has 2 aromatic carbocycles. The zero-order chi connectivity index (χ0) is 19.4. The Kier molecular flexibility index (Phi) is 5.85. The molecule has 0 spiro atoms. The summed E-state index contributed by atoms with van der Waals surface area (Å²) in [6.07, 6.45) is 0. The largest absolute Gasteiger partial charge is 0.323 e. The summed E-state index contributed by atoms with van der Waals surface area (Å²) in [7, 11) is 0. The third kappa shape index (κ3) is 4.71. The van der Waals surface area contributed by atoms with Gasteiger partial charge in [0.1, 0.15) is 17.5 Å². The van der Waals surface area contributed by atoms with Crippen molar-refractivity contribution in [2.24, 2.45) is 0 Å². The number of halogens is 2. The predicted octanol–water partition coefficient (Wildman–Crippen LogP) is 4.03. The Bertz CT molecular complexity index is 946. The minimum atomic E-state index is -0.690. The van der Waals surface area contributed by atoms with Gasteiger partial charge >= 0.3 is 0 Å². The number of aryl methyl sites for hydroxylation is 1. The number of carbonyl (C=O) groups excluding carboxylic acids is 1. The van der Waals surface area contributed by atoms with E-state index in [0.29, 0.717) is 11.7 Å². The summed E-state index contributed by atoms with van der Waals surface area (Å²) in [4.78, 5) is 12.4. The lowest BCUT2D eigenvalue weighted by molar-refractivity contribution is -0.115. The first-order chi connectivity index (χ1) is 12.9. The van der Waals surface area contributed by atoms with E-state index in [9.17, 15) is 13.6 Å². The summed E-state index contributed by atoms with van der Waals surface area (Å²) in [6, 6.07) is 12.8. The summed E-state index contributed by atoms with van der Waals surface area (Å²) in [5, 5.41) is 10.6. The number of thioether (sulfide) groups is 1. The van der Waals surface area contributed by atoms with Crippen LogP contribution in [-0.2, 0) is 11.3 Å². The molecule has 3 aromatic rings. The molecular formula is C19H18F2N4OS. The van der Waals surface area contributed by atoms with Crippen LogP contribution >= 0.6 is 11.8 Å². The molecule has 1 heterocycles. The normalized spacial score (nSPS) is 12.0. The Morgan fingerprint density at radius 1 is 1.19 bits per heavy atom. The van der Waals surface area contributed by atoms with E-state index in [2.05, 4.69) is 15.5 Å². The molecule has 3 rings (SSSR count). The van der Waals surface area contributed by atoms with Crippen molar-refractivity contribution >= 4 is 23.4 Å². The lowest BCUT2D eigenvalue weighted by atomic mass is 10.2. The lowest BCUT2D eigenvalue weighted by Gasteiger charge is -2.13. The van der Waals surface area contributed by atoms with E-state index in [-0.39, 0.29) is 5.69 Å². The molecule has 27 heavy (non-hydrogen) atoms. The Labute approximate surface area is 159 Å². The average molecular weight is 388 g/mol. The highest BCUT2D eigenvalue weighted by Gasteiger charge is 2.20. The predicted molar refractivity (Wildman–Crippen MR) is 101 cm³/mol. The second kappa shape index (κ2) is 8.30. The molecule has 5 nitrogen and oxygen atoms in total. The Balaban J connectivity index is 1.71. The summed E-state index contributed by atoms with van der Waals surface area (Å²) < 4.78 is 28.9. The standard InChI is InChI=1S/C19H18F2N4OS/c1-12(18(26)22-17-10-15(20)8-9-16(17)21)27-19-24-23-13(2)25(19)11-14-6-4-3-5-7-14/h3-10,12H,11H2,1-2H3,(H,22,26)/t12-/m0/s1. The number of nitrogens with zero attached hydrogens (tertiary/aromatic N) is 3. The Hall–Kier alpha value is -2.74. The minimum Gasteiger partial charge on any atom is -0.323 e. The summed E-state index contributed by atoms with van der Waals surface area (Å²) in [5.74, 6) is -1.03. The van der Waals surface area contributed by atoms with Crippen LogP contribution in [0.2, 0.25) is 0 Å². The molecule has 0 fully saturated rings. The van der Waals surface area contributed by atoms with E-state index in [0.717, 1.165) is 29.6 Å². The van der Waals surface area contributed by atoms with Crippen LogP contribution in [0.25, 0.3) is 0 Å². The van der Waals surface area contributed by atoms with Crippen LogP contribution in [0.3, 0.4) is 0 Å². The van der Waals surface area contributed by atoms with Crippen molar-refractivity contribution in [3.63, 3.8) is 0 Å². The highest BCUT2D eigenvalue weighted by Crippen LogP contribution is 2.25. The minimum absolute atomic E-state index is 0.186. The molecular weight excluding hydrogens is 370 g/mol. The van der Waals surface area contributed by atoms with Crippen molar-refractivity contribution in [3.8, 4) is 0 Å². The highest BCUT2D eigenvalue weighted by molar-refractivity contribution is 8.00. The monoisotopic (exact) mass is 388 g/mol. The molecule has 1 N–H and O–H groups in total. The number of benzene rings is 2. The van der Waals surface area contributed by atoms with E-state index in [1.807, 2.05) is 41.8 Å². The first-order valence-corrected chi connectivity index (χ1v) is 9.18. The molecule has 140 valence electrons. The SMILES string of the molecule is Cc1nnc(S[C@@H](C)C(=O)Nc2cc(F)ccc2F)n1Cc1ccccc1. The second-order valence-electron chi connectivity index (χ2n) is 5.98. The van der Waals surface area contributed by atoms with E-state index in [4.69, 9.17) is 0 Å². The number of aromatic nitrogens is 3. The van der Waals surface area contributed by atoms with Gasteiger partial charge in [0, 0.05) is 6.07 Å². The summed E-state index contributed by atoms with van der Waals surface area (Å²) in [6.45, 7) is 4.09. The molecule has 1 aromatic heterocycles. The molecule has 0 saturated carbocycles. The summed E-state index contributed by atoms with van der Waals surface area (Å²) in [5.41, 5.74) is 0.899. The molecule has 0 aliphatic rings. The smallest absolute Gasteiger partial charge is 0.237 e. The molecule has 8 heteroatoms. The van der Waals surface area contributed by atoms with Crippen molar-refractivity contribution in [3.05, 3.63) is 71.6 Å². The van der Waals surface area contributed by atoms with Crippen molar-refractivity contribution in [2.45, 2.75) is 30.8 Å². The maximum Gasteiger partial charge on any atom is 0.237 e. The fourth-order valence-electron chi connectivity index (χ4n) is 2.44. The molecule has 1 atom stereocenters. The van der Waals surface area contributed by atoms with Crippen LogP contribution in [0.1, 0.15) is 18.3 Å². The van der Waals surface area contributed by atoms with Gasteiger partial charge in [0.05, 0.1) is 17.5 Å². The quantitative estimate of drug-likeness (QED) is 0.648. The van der Waals surface area contributed by atoms with Gasteiger partial charge in [-0.2, -0.15) is 0 Å². The molecule has 0 bridgehead atoms. The first-order valence-electron chi connectivity index (χ1n) is 8.30. The van der Waals surface area contributed by atoms with Gasteiger partial charge in [-0.3, -0.25) is 4.79 Å². The first kappa shape index (κ1) is 19.0. The van der Waals surface area contributed by atoms with Gasteiger partial charge in [0.2, 0.25) is 5.91 Å². The maximum absolute atomic E-state index is 13.7. The number of anilines is 1. The van der Waals surface area contributed by atoms with Crippen LogP contribution < -0.4 is 5.32 Å². The topological polar surface area (TPSA) is 59.8 Å². The fraction of sp³-hybridized carbons (Fsp3) is 0.211. The Morgan fingerprint density at radius 2 is 1.93 bits per heavy atom. The number of carbonyl (C=O) groups is 1. The number of hydrogen-bond acceptors (Lipinski definition) is 4. The molecule has 0 unspecified atom stereocenters. The molecule has 0 aliphatic heterocycles. The Morgan fingerprint density at radius 3 is 2.67 bits per heavy atom. The molecule has 0 saturated heterocycles. The third-order valence-corrected chi connectivity index (χ3v) is 5.00. The zero-order valence-corrected chi connectivity index (χ0v) is 15.6. The van der Waals surface area contributed by atoms with Gasteiger partial charge in [-0.15, -0.1) is 10.2 Å². The number of nitrogens with one attached hydrogen (secondary N) is 1. The van der Waals surface area contributed by atoms with Crippen LogP contribution in [-0.4, -0.2) is 25.9 Å². The average Bonchev–Trinajstić information content (AvgIpc) is 2.99. The van der Waals surface area contributed by atoms with Crippen molar-refractivity contribution in [1.82, 2.24) is 14.8 Å². The van der Waals surface area contributed by atoms with Crippen LogP contribution in [0.4, 0.5) is 14.5 Å². The van der Waals surface area contributed by atoms with Gasteiger partial charge in [-0.1, -0.05) is 42.1 Å². The zero-order valence-electron chi connectivity index (χ0n) is 14.8. The van der Waals surface area contributed by atoms with E-state index >= 15 is 0 Å². The van der Waals surface area contributed by atoms with E-state index < -0.39 is 22.8 Å². The highest BCUT2D eigenvalue weighted by atomic mass is 32.2. The van der Waals surface area contributed by atoms with Gasteiger partial charge in [-0.25, -0.2) is 8.78 Å². The summed E-state index contributed by atoms with van der Waals surface area (Å²) >= 11 is 1.21. The third-order valence-electron chi connectivity index (χ3n) is 3.92. The molecule has 0 radical (unpaired) electrons. The van der Waals surface area contributed by atoms with Crippen molar-refractivity contribution in [1.29, 1.82) is 0 Å². The molecule has 0 aliphatic carbocycles. The number of hydrogen-bond donors (Lipinski definition) is 1. The second-order valence-corrected chi connectivity index (χ2v) is 7.28. The van der Waals surface area contributed by atoms with Crippen LogP contribution in [0.15, 0.2) is 53.7 Å². The van der Waals surface area contributed by atoms with Crippen LogP contribution in [0.5, 0.6) is 0 Å². The van der Waals surface area contributed by atoms with Crippen LogP contribution in [0, 0.1) is 18.6 Å². The maximum atomic E-state index is 13.7. The van der Waals surface area contributed by atoms with Crippen molar-refractivity contribution in [2.75, 3.05) is 5.32 Å². The molecule has 1 amide bonds. The van der Waals surface area contributed by atoms with E-state index in [1.165, 1.54) is 11.8 Å². The number of rotatable bonds is 6. The van der Waals surface area contributed by atoms with Gasteiger partial charge in [0.25, 0.3) is 0 Å². The van der Waals surface area contributed by atoms with Gasteiger partial charge in [0.15, 0.2) is 5.16 Å². The van der Waals surface area contributed by atoms with Gasteiger partial charge < -0.3 is 9.88 Å². The fourth-order valence-corrected chi connectivity index (χ4v) is 3.33. The van der Waals surface area contributed by atoms with Gasteiger partial charge in [-0.05, 0) is 31.5 Å². The lowest BCUT2D eigenvalue weighted by Crippen LogP contribution is -2.23.